The Morgan fingerprint density at radius 3 is 2.86 bits per heavy atom. The Morgan fingerprint density at radius 2 is 2.23 bits per heavy atom. The molecule has 9 heteroatoms. The molecule has 0 radical (unpaired) electrons. The number of rotatable bonds is 5. The van der Waals surface area contributed by atoms with Gasteiger partial charge in [0.25, 0.3) is 10.0 Å². The minimum atomic E-state index is -3.83. The van der Waals surface area contributed by atoms with Gasteiger partial charge in [-0.3, -0.25) is 14.9 Å². The zero-order valence-electron chi connectivity index (χ0n) is 12.2. The van der Waals surface area contributed by atoms with Crippen molar-refractivity contribution in [3.63, 3.8) is 0 Å². The Kier molecular flexibility index (Phi) is 5.28. The lowest BCUT2D eigenvalue weighted by atomic mass is 10.2. The van der Waals surface area contributed by atoms with Gasteiger partial charge in [-0.25, -0.2) is 13.8 Å². The zero-order valence-corrected chi connectivity index (χ0v) is 13.8. The minimum Gasteiger partial charge on any atom is -0.466 e. The summed E-state index contributed by atoms with van der Waals surface area (Å²) < 4.78 is 32.4. The molecule has 1 aromatic rings. The first-order valence-corrected chi connectivity index (χ1v) is 8.70. The number of nitrogens with one attached hydrogen (secondary N) is 3. The van der Waals surface area contributed by atoms with Crippen LogP contribution in [0.25, 0.3) is 0 Å². The molecular formula is C13H18ClN3O4S. The third kappa shape index (κ3) is 3.70. The molecule has 1 fully saturated rings. The van der Waals surface area contributed by atoms with Gasteiger partial charge in [0, 0.05) is 11.6 Å². The summed E-state index contributed by atoms with van der Waals surface area (Å²) in [5.74, 6) is -1.37. The fourth-order valence-corrected chi connectivity index (χ4v) is 3.95. The molecule has 0 spiro atoms. The number of benzene rings is 1. The summed E-state index contributed by atoms with van der Waals surface area (Å²) in [4.78, 5) is 11.9. The van der Waals surface area contributed by atoms with E-state index in [-0.39, 0.29) is 13.2 Å². The highest BCUT2D eigenvalue weighted by atomic mass is 35.5. The molecule has 1 saturated heterocycles. The van der Waals surface area contributed by atoms with Gasteiger partial charge < -0.3 is 4.74 Å². The number of anilines is 1. The Labute approximate surface area is 134 Å². The average molecular weight is 348 g/mol. The first-order valence-electron chi connectivity index (χ1n) is 6.78. The Morgan fingerprint density at radius 1 is 1.50 bits per heavy atom. The van der Waals surface area contributed by atoms with Crippen molar-refractivity contribution in [2.75, 3.05) is 17.9 Å². The lowest BCUT2D eigenvalue weighted by Crippen LogP contribution is -2.44. The number of hydrogen-bond acceptors (Lipinski definition) is 6. The van der Waals surface area contributed by atoms with Crippen LogP contribution >= 0.6 is 11.6 Å². The van der Waals surface area contributed by atoms with E-state index in [1.54, 1.807) is 32.0 Å². The van der Waals surface area contributed by atoms with Crippen LogP contribution in [0.2, 0.25) is 5.02 Å². The predicted octanol–water partition coefficient (Wildman–Crippen LogP) is 1.00. The lowest BCUT2D eigenvalue weighted by Gasteiger charge is -2.19. The summed E-state index contributed by atoms with van der Waals surface area (Å²) >= 11 is 5.85. The SMILES string of the molecule is CCOC(=O)C1CNNC1S(=O)(=O)Nc1ccc(Cl)cc1C. The molecule has 0 bridgehead atoms. The van der Waals surface area contributed by atoms with Gasteiger partial charge in [-0.2, -0.15) is 0 Å². The van der Waals surface area contributed by atoms with Crippen LogP contribution in [0.5, 0.6) is 0 Å². The van der Waals surface area contributed by atoms with Crippen LogP contribution in [0.1, 0.15) is 12.5 Å². The van der Waals surface area contributed by atoms with Crippen LogP contribution in [0, 0.1) is 12.8 Å². The van der Waals surface area contributed by atoms with E-state index in [2.05, 4.69) is 15.6 Å². The lowest BCUT2D eigenvalue weighted by molar-refractivity contribution is -0.147. The number of hydrazine groups is 1. The Hall–Kier alpha value is -1.35. The molecule has 2 unspecified atom stereocenters. The van der Waals surface area contributed by atoms with Gasteiger partial charge in [0.05, 0.1) is 12.3 Å². The highest BCUT2D eigenvalue weighted by Gasteiger charge is 2.42. The van der Waals surface area contributed by atoms with Crippen LogP contribution in [-0.2, 0) is 19.6 Å². The highest BCUT2D eigenvalue weighted by molar-refractivity contribution is 7.93. The third-order valence-electron chi connectivity index (χ3n) is 3.30. The van der Waals surface area contributed by atoms with Crippen LogP contribution in [0.15, 0.2) is 18.2 Å². The van der Waals surface area contributed by atoms with E-state index in [1.807, 2.05) is 0 Å². The quantitative estimate of drug-likeness (QED) is 0.688. The summed E-state index contributed by atoms with van der Waals surface area (Å²) in [6.45, 7) is 3.80. The second kappa shape index (κ2) is 6.82. The monoisotopic (exact) mass is 347 g/mol. The number of esters is 1. The largest absolute Gasteiger partial charge is 0.466 e. The van der Waals surface area contributed by atoms with Gasteiger partial charge in [-0.05, 0) is 37.6 Å². The molecule has 2 atom stereocenters. The van der Waals surface area contributed by atoms with Crippen LogP contribution in [0.4, 0.5) is 5.69 Å². The number of sulfonamides is 1. The number of carbonyl (C=O) groups excluding carboxylic acids is 1. The molecule has 22 heavy (non-hydrogen) atoms. The third-order valence-corrected chi connectivity index (χ3v) is 5.15. The van der Waals surface area contributed by atoms with E-state index in [0.717, 1.165) is 0 Å². The molecule has 1 aromatic carbocycles. The van der Waals surface area contributed by atoms with Crippen molar-refractivity contribution in [2.45, 2.75) is 19.2 Å². The normalized spacial score (nSPS) is 21.6. The topological polar surface area (TPSA) is 96.5 Å². The maximum Gasteiger partial charge on any atom is 0.313 e. The van der Waals surface area contributed by atoms with Gasteiger partial charge in [0.1, 0.15) is 5.92 Å². The minimum absolute atomic E-state index is 0.185. The Balaban J connectivity index is 2.20. The molecular weight excluding hydrogens is 330 g/mol. The fraction of sp³-hybridized carbons (Fsp3) is 0.462. The van der Waals surface area contributed by atoms with Crippen molar-refractivity contribution in [3.8, 4) is 0 Å². The van der Waals surface area contributed by atoms with Crippen LogP contribution in [0.3, 0.4) is 0 Å². The van der Waals surface area contributed by atoms with Crippen LogP contribution < -0.4 is 15.6 Å². The molecule has 2 rings (SSSR count). The van der Waals surface area contributed by atoms with Gasteiger partial charge in [0.2, 0.25) is 0 Å². The predicted molar refractivity (Wildman–Crippen MR) is 83.8 cm³/mol. The van der Waals surface area contributed by atoms with Crippen LogP contribution in [-0.4, -0.2) is 32.9 Å². The number of aryl methyl sites for hydroxylation is 1. The summed E-state index contributed by atoms with van der Waals surface area (Å²) in [6.07, 6.45) is 0. The van der Waals surface area contributed by atoms with Gasteiger partial charge in [-0.1, -0.05) is 11.6 Å². The van der Waals surface area contributed by atoms with Crippen molar-refractivity contribution < 1.29 is 17.9 Å². The molecule has 1 aliphatic rings. The Bertz CT molecular complexity index is 665. The standard InChI is InChI=1S/C13H18ClN3O4S/c1-3-21-13(18)10-7-15-16-12(10)22(19,20)17-11-5-4-9(14)6-8(11)2/h4-6,10,12,15-17H,3,7H2,1-2H3. The molecule has 0 aliphatic carbocycles. The van der Waals surface area contributed by atoms with E-state index in [0.29, 0.717) is 16.3 Å². The van der Waals surface area contributed by atoms with Crippen molar-refractivity contribution in [2.24, 2.45) is 5.92 Å². The van der Waals surface area contributed by atoms with Crippen molar-refractivity contribution in [3.05, 3.63) is 28.8 Å². The van der Waals surface area contributed by atoms with E-state index in [1.165, 1.54) is 0 Å². The van der Waals surface area contributed by atoms with E-state index >= 15 is 0 Å². The number of ether oxygens (including phenoxy) is 1. The second-order valence-corrected chi connectivity index (χ2v) is 7.15. The summed E-state index contributed by atoms with van der Waals surface area (Å²) in [5, 5.41) is -0.591. The van der Waals surface area contributed by atoms with Gasteiger partial charge >= 0.3 is 5.97 Å². The highest BCUT2D eigenvalue weighted by Crippen LogP contribution is 2.23. The number of hydrogen-bond donors (Lipinski definition) is 3. The summed E-state index contributed by atoms with van der Waals surface area (Å²) in [5.41, 5.74) is 6.40. The smallest absolute Gasteiger partial charge is 0.313 e. The van der Waals surface area contributed by atoms with E-state index in [9.17, 15) is 13.2 Å². The summed E-state index contributed by atoms with van der Waals surface area (Å²) in [6, 6.07) is 4.83. The fourth-order valence-electron chi connectivity index (χ4n) is 2.19. The summed E-state index contributed by atoms with van der Waals surface area (Å²) in [7, 11) is -3.83. The first kappa shape index (κ1) is 17.0. The van der Waals surface area contributed by atoms with E-state index < -0.39 is 27.3 Å². The average Bonchev–Trinajstić information content (AvgIpc) is 2.92. The zero-order chi connectivity index (χ0) is 16.3. The van der Waals surface area contributed by atoms with Gasteiger partial charge in [-0.15, -0.1) is 0 Å². The maximum atomic E-state index is 12.5. The van der Waals surface area contributed by atoms with E-state index in [4.69, 9.17) is 16.3 Å². The molecule has 0 saturated carbocycles. The second-order valence-electron chi connectivity index (χ2n) is 4.91. The molecule has 3 N–H and O–H groups in total. The van der Waals surface area contributed by atoms with Crippen molar-refractivity contribution in [1.29, 1.82) is 0 Å². The number of halogens is 1. The van der Waals surface area contributed by atoms with Crippen molar-refractivity contribution >= 4 is 33.3 Å². The first-order chi connectivity index (χ1) is 10.3. The van der Waals surface area contributed by atoms with Gasteiger partial charge in [0.15, 0.2) is 5.37 Å². The molecule has 1 heterocycles. The maximum absolute atomic E-state index is 12.5. The number of carbonyl (C=O) groups is 1. The molecule has 1 aliphatic heterocycles. The van der Waals surface area contributed by atoms with Crippen molar-refractivity contribution in [1.82, 2.24) is 10.9 Å². The molecule has 122 valence electrons. The molecule has 7 nitrogen and oxygen atoms in total. The molecule has 0 amide bonds. The molecule has 0 aromatic heterocycles.